The molecule has 0 aromatic carbocycles. The number of amides is 4. The molecule has 6 aliphatic heterocycles. The lowest BCUT2D eigenvalue weighted by atomic mass is 10.0. The molecule has 0 aromatic heterocycles. The van der Waals surface area contributed by atoms with Crippen molar-refractivity contribution in [1.29, 1.82) is 0 Å². The number of aliphatic hydroxyl groups excluding tert-OH is 2. The van der Waals surface area contributed by atoms with Gasteiger partial charge in [0.25, 0.3) is 11.8 Å². The first-order valence-corrected chi connectivity index (χ1v) is 24.2. The summed E-state index contributed by atoms with van der Waals surface area (Å²) in [6.45, 7) is 8.63. The first kappa shape index (κ1) is 48.9. The molecule has 353 valence electrons. The predicted molar refractivity (Wildman–Crippen MR) is 219 cm³/mol. The third-order valence-electron chi connectivity index (χ3n) is 13.2. The van der Waals surface area contributed by atoms with Gasteiger partial charge in [0.05, 0.1) is 36.8 Å². The summed E-state index contributed by atoms with van der Waals surface area (Å²) in [5.74, 6) is -3.82. The van der Waals surface area contributed by atoms with E-state index in [0.29, 0.717) is 58.0 Å². The summed E-state index contributed by atoms with van der Waals surface area (Å²) < 4.78 is 58.1. The summed E-state index contributed by atoms with van der Waals surface area (Å²) in [5.41, 5.74) is 0. The zero-order valence-electron chi connectivity index (χ0n) is 37.2. The summed E-state index contributed by atoms with van der Waals surface area (Å²) in [6.07, 6.45) is -1.96. The van der Waals surface area contributed by atoms with Crippen LogP contribution in [0.3, 0.4) is 0 Å². The highest BCUT2D eigenvalue weighted by molar-refractivity contribution is 7.88. The highest BCUT2D eigenvalue weighted by atomic mass is 32.2. The lowest BCUT2D eigenvalue weighted by Gasteiger charge is -2.47. The quantitative estimate of drug-likeness (QED) is 0.219. The van der Waals surface area contributed by atoms with Gasteiger partial charge in [-0.15, -0.1) is 0 Å². The molecule has 0 spiro atoms. The minimum Gasteiger partial charge on any atom is -0.384 e. The summed E-state index contributed by atoms with van der Waals surface area (Å²) in [6, 6.07) is -0.842. The molecule has 4 amide bonds. The summed E-state index contributed by atoms with van der Waals surface area (Å²) in [5, 5.41) is 35.5. The van der Waals surface area contributed by atoms with Gasteiger partial charge < -0.3 is 58.4 Å². The molecule has 0 saturated carbocycles. The molecule has 6 heterocycles. The fourth-order valence-corrected chi connectivity index (χ4v) is 10.8. The van der Waals surface area contributed by atoms with Gasteiger partial charge in [0.1, 0.15) is 36.9 Å². The molecular weight excluding hydrogens is 833 g/mol. The number of ether oxygens (including phenoxy) is 5. The van der Waals surface area contributed by atoms with E-state index in [1.165, 1.54) is 53.0 Å². The molecule has 6 aliphatic rings. The highest BCUT2D eigenvalue weighted by Crippen LogP contribution is 2.37. The van der Waals surface area contributed by atoms with Crippen LogP contribution in [0.4, 0.5) is 0 Å². The second-order valence-electron chi connectivity index (χ2n) is 18.1. The molecule has 1 radical (unpaired) electrons. The van der Waals surface area contributed by atoms with Gasteiger partial charge in [-0.3, -0.25) is 19.2 Å². The van der Waals surface area contributed by atoms with Gasteiger partial charge in [0.2, 0.25) is 21.8 Å². The van der Waals surface area contributed by atoms with Crippen molar-refractivity contribution in [2.45, 2.75) is 172 Å². The molecular formula is C41H69N6O14S. The van der Waals surface area contributed by atoms with Crippen LogP contribution in [0.5, 0.6) is 0 Å². The SMILES string of the molecule is CC(=O)N1CCC(OC2CC(OC([O])(OC3CCN(C)C3)C3CCCN3C(C)=O)CCN2C(=O)C(C)O)CC1OC1CCN(C(=O)C(C)O)C(OC2CCN(S(C)(=O)=O)CC2)C1. The molecule has 2 N–H and O–H groups in total. The average molecular weight is 902 g/mol. The zero-order chi connectivity index (χ0) is 45.1. The minimum atomic E-state index is -3.35. The molecule has 0 aliphatic carbocycles. The Bertz CT molecular complexity index is 1680. The lowest BCUT2D eigenvalue weighted by Crippen LogP contribution is -2.59. The zero-order valence-corrected chi connectivity index (χ0v) is 38.0. The van der Waals surface area contributed by atoms with E-state index in [1.807, 2.05) is 7.05 Å². The average Bonchev–Trinajstić information content (AvgIpc) is 3.87. The standard InChI is InChI=1S/C41H69N6O14S/c1-26(48)39(52)46-20-13-32(23-37(46)57-30-10-17-43(18-11-30)62(6,55)56)58-36-22-31(12-19-45(36)29(4)51)59-38-24-33(14-21-47(38)40(53)27(2)49)60-41(54,61-34-9-16-42(5)25-34)35-8-7-15-44(35)28(3)50/h26-27,30-38,48-49H,7-25H2,1-6H3. The Balaban J connectivity index is 1.15. The molecule has 11 atom stereocenters. The smallest absolute Gasteiger partial charge is 0.333 e. The number of nitrogens with zero attached hydrogens (tertiary/aromatic N) is 6. The van der Waals surface area contributed by atoms with Gasteiger partial charge >= 0.3 is 5.97 Å². The molecule has 6 fully saturated rings. The number of sulfonamides is 1. The third-order valence-corrected chi connectivity index (χ3v) is 14.5. The predicted octanol–water partition coefficient (Wildman–Crippen LogP) is 0.0255. The van der Waals surface area contributed by atoms with Crippen molar-refractivity contribution in [3.63, 3.8) is 0 Å². The van der Waals surface area contributed by atoms with Crippen LogP contribution in [-0.4, -0.2) is 210 Å². The van der Waals surface area contributed by atoms with Crippen LogP contribution in [0, 0.1) is 0 Å². The molecule has 6 saturated heterocycles. The molecule has 62 heavy (non-hydrogen) atoms. The molecule has 20 nitrogen and oxygen atoms in total. The molecule has 0 aromatic rings. The van der Waals surface area contributed by atoms with Gasteiger partial charge in [-0.25, -0.2) is 12.7 Å². The highest BCUT2D eigenvalue weighted by Gasteiger charge is 2.53. The maximum absolute atomic E-state index is 14.8. The van der Waals surface area contributed by atoms with Crippen molar-refractivity contribution < 1.29 is 66.6 Å². The van der Waals surface area contributed by atoms with Gasteiger partial charge in [0.15, 0.2) is 0 Å². The van der Waals surface area contributed by atoms with E-state index in [1.54, 1.807) is 4.90 Å². The number of likely N-dealkylation sites (tertiary alicyclic amines) is 5. The van der Waals surface area contributed by atoms with Gasteiger partial charge in [-0.1, -0.05) is 0 Å². The molecule has 0 bridgehead atoms. The van der Waals surface area contributed by atoms with Crippen molar-refractivity contribution in [3.8, 4) is 0 Å². The number of carbonyl (C=O) groups excluding carboxylic acids is 4. The fraction of sp³-hybridized carbons (Fsp3) is 0.902. The maximum atomic E-state index is 14.8. The second-order valence-corrected chi connectivity index (χ2v) is 20.1. The topological polar surface area (TPSA) is 228 Å². The van der Waals surface area contributed by atoms with Crippen LogP contribution in [0.2, 0.25) is 0 Å². The number of hydrogen-bond donors (Lipinski definition) is 2. The van der Waals surface area contributed by atoms with Crippen LogP contribution in [0.1, 0.15) is 98.3 Å². The van der Waals surface area contributed by atoms with E-state index in [0.717, 1.165) is 6.54 Å². The van der Waals surface area contributed by atoms with E-state index in [4.69, 9.17) is 23.7 Å². The first-order valence-electron chi connectivity index (χ1n) is 22.4. The Hall–Kier alpha value is -2.57. The van der Waals surface area contributed by atoms with Gasteiger partial charge in [0, 0.05) is 85.5 Å². The second kappa shape index (κ2) is 20.7. The van der Waals surface area contributed by atoms with Crippen molar-refractivity contribution in [1.82, 2.24) is 28.8 Å². The number of carbonyl (C=O) groups is 4. The van der Waals surface area contributed by atoms with Crippen molar-refractivity contribution in [2.75, 3.05) is 65.7 Å². The summed E-state index contributed by atoms with van der Waals surface area (Å²) in [4.78, 5) is 60.4. The van der Waals surface area contributed by atoms with Crippen LogP contribution >= 0.6 is 0 Å². The monoisotopic (exact) mass is 901 g/mol. The Morgan fingerprint density at radius 3 is 1.52 bits per heavy atom. The first-order chi connectivity index (χ1) is 29.2. The Morgan fingerprint density at radius 2 is 1.03 bits per heavy atom. The van der Waals surface area contributed by atoms with Gasteiger partial charge in [-0.05, 0) is 72.3 Å². The van der Waals surface area contributed by atoms with Gasteiger partial charge in [-0.2, -0.15) is 5.11 Å². The van der Waals surface area contributed by atoms with E-state index >= 15 is 0 Å². The number of aliphatic hydroxyl groups is 2. The van der Waals surface area contributed by atoms with E-state index in [-0.39, 0.29) is 82.4 Å². The minimum absolute atomic E-state index is 0.0967. The Labute approximate surface area is 365 Å². The van der Waals surface area contributed by atoms with E-state index in [9.17, 15) is 42.9 Å². The molecule has 21 heteroatoms. The number of rotatable bonds is 14. The Morgan fingerprint density at radius 1 is 0.597 bits per heavy atom. The Kier molecular flexibility index (Phi) is 16.3. The number of hydrogen-bond acceptors (Lipinski definition) is 14. The van der Waals surface area contributed by atoms with Crippen LogP contribution in [0.25, 0.3) is 0 Å². The third kappa shape index (κ3) is 12.0. The molecule has 11 unspecified atom stereocenters. The van der Waals surface area contributed by atoms with Crippen LogP contribution in [-0.2, 0) is 58.0 Å². The largest absolute Gasteiger partial charge is 0.384 e. The van der Waals surface area contributed by atoms with Crippen molar-refractivity contribution in [3.05, 3.63) is 0 Å². The van der Waals surface area contributed by atoms with Crippen molar-refractivity contribution in [2.24, 2.45) is 0 Å². The van der Waals surface area contributed by atoms with Crippen LogP contribution in [0.15, 0.2) is 0 Å². The lowest BCUT2D eigenvalue weighted by molar-refractivity contribution is -0.432. The number of likely N-dealkylation sites (N-methyl/N-ethyl adjacent to an activating group) is 1. The van der Waals surface area contributed by atoms with E-state index < -0.39 is 83.1 Å². The van der Waals surface area contributed by atoms with E-state index in [2.05, 4.69) is 4.90 Å². The summed E-state index contributed by atoms with van der Waals surface area (Å²) >= 11 is 0. The fourth-order valence-electron chi connectivity index (χ4n) is 9.89. The van der Waals surface area contributed by atoms with Crippen LogP contribution < -0.4 is 0 Å². The molecule has 6 rings (SSSR count). The summed E-state index contributed by atoms with van der Waals surface area (Å²) in [7, 11) is -1.40. The number of piperidine rings is 4. The maximum Gasteiger partial charge on any atom is 0.333 e. The van der Waals surface area contributed by atoms with Crippen molar-refractivity contribution >= 4 is 33.7 Å². The normalized spacial score (nSPS) is 33.0.